The first-order chi connectivity index (χ1) is 11.2. The Morgan fingerprint density at radius 1 is 1.13 bits per heavy atom. The molecule has 0 radical (unpaired) electrons. The SMILES string of the molecule is S=C(NCc1ccc(-c2csnn2)cc1)Nc1ccccc1Cl. The van der Waals surface area contributed by atoms with Crippen molar-refractivity contribution in [3.05, 3.63) is 64.5 Å². The van der Waals surface area contributed by atoms with E-state index in [1.807, 2.05) is 53.9 Å². The summed E-state index contributed by atoms with van der Waals surface area (Å²) in [5.74, 6) is 0. The van der Waals surface area contributed by atoms with Gasteiger partial charge in [0.25, 0.3) is 0 Å². The summed E-state index contributed by atoms with van der Waals surface area (Å²) in [6, 6.07) is 15.6. The summed E-state index contributed by atoms with van der Waals surface area (Å²) < 4.78 is 3.87. The number of anilines is 1. The van der Waals surface area contributed by atoms with E-state index in [-0.39, 0.29) is 0 Å². The van der Waals surface area contributed by atoms with Gasteiger partial charge >= 0.3 is 0 Å². The van der Waals surface area contributed by atoms with Crippen LogP contribution in [0.1, 0.15) is 5.56 Å². The van der Waals surface area contributed by atoms with Crippen LogP contribution in [0.5, 0.6) is 0 Å². The normalized spacial score (nSPS) is 10.3. The largest absolute Gasteiger partial charge is 0.358 e. The van der Waals surface area contributed by atoms with Gasteiger partial charge < -0.3 is 10.6 Å². The highest BCUT2D eigenvalue weighted by molar-refractivity contribution is 7.80. The molecule has 0 bridgehead atoms. The molecule has 0 fully saturated rings. The van der Waals surface area contributed by atoms with E-state index in [1.54, 1.807) is 0 Å². The zero-order valence-electron chi connectivity index (χ0n) is 12.0. The van der Waals surface area contributed by atoms with Crippen molar-refractivity contribution in [2.24, 2.45) is 0 Å². The van der Waals surface area contributed by atoms with Gasteiger partial charge in [-0.05, 0) is 41.4 Å². The van der Waals surface area contributed by atoms with Gasteiger partial charge in [0.15, 0.2) is 5.11 Å². The zero-order valence-corrected chi connectivity index (χ0v) is 14.4. The Morgan fingerprint density at radius 2 is 1.91 bits per heavy atom. The van der Waals surface area contributed by atoms with Gasteiger partial charge in [0.2, 0.25) is 0 Å². The van der Waals surface area contributed by atoms with E-state index in [0.717, 1.165) is 22.5 Å². The Kier molecular flexibility index (Phi) is 5.17. The number of hydrogen-bond donors (Lipinski definition) is 2. The number of halogens is 1. The third-order valence-corrected chi connectivity index (χ3v) is 4.27. The molecule has 0 atom stereocenters. The lowest BCUT2D eigenvalue weighted by Gasteiger charge is -2.11. The molecule has 2 aromatic carbocycles. The number of benzene rings is 2. The predicted molar refractivity (Wildman–Crippen MR) is 99.9 cm³/mol. The first-order valence-corrected chi connectivity index (χ1v) is 8.50. The summed E-state index contributed by atoms with van der Waals surface area (Å²) >= 11 is 12.7. The highest BCUT2D eigenvalue weighted by Crippen LogP contribution is 2.20. The average molecular weight is 361 g/mol. The molecule has 0 aliphatic heterocycles. The Morgan fingerprint density at radius 3 is 2.61 bits per heavy atom. The second-order valence-electron chi connectivity index (χ2n) is 4.77. The fourth-order valence-corrected chi connectivity index (χ4v) is 2.83. The molecule has 0 aliphatic carbocycles. The fraction of sp³-hybridized carbons (Fsp3) is 0.0625. The second-order valence-corrected chi connectivity index (χ2v) is 6.20. The molecule has 23 heavy (non-hydrogen) atoms. The van der Waals surface area contributed by atoms with Crippen molar-refractivity contribution in [2.45, 2.75) is 6.54 Å². The van der Waals surface area contributed by atoms with E-state index < -0.39 is 0 Å². The lowest BCUT2D eigenvalue weighted by Crippen LogP contribution is -2.27. The van der Waals surface area contributed by atoms with Gasteiger partial charge in [-0.3, -0.25) is 0 Å². The van der Waals surface area contributed by atoms with Crippen molar-refractivity contribution >= 4 is 46.2 Å². The van der Waals surface area contributed by atoms with E-state index in [9.17, 15) is 0 Å². The van der Waals surface area contributed by atoms with E-state index in [4.69, 9.17) is 23.8 Å². The van der Waals surface area contributed by atoms with Crippen molar-refractivity contribution in [1.82, 2.24) is 14.9 Å². The number of rotatable bonds is 4. The summed E-state index contributed by atoms with van der Waals surface area (Å²) in [7, 11) is 0. The molecule has 1 aromatic heterocycles. The minimum atomic E-state index is 0.533. The number of nitrogens with zero attached hydrogens (tertiary/aromatic N) is 2. The van der Waals surface area contributed by atoms with Gasteiger partial charge in [0, 0.05) is 17.5 Å². The molecular weight excluding hydrogens is 348 g/mol. The van der Waals surface area contributed by atoms with Crippen LogP contribution in [0.4, 0.5) is 5.69 Å². The van der Waals surface area contributed by atoms with Crippen LogP contribution in [0.25, 0.3) is 11.3 Å². The van der Waals surface area contributed by atoms with E-state index in [2.05, 4.69) is 20.2 Å². The van der Waals surface area contributed by atoms with Gasteiger partial charge in [0.05, 0.1) is 10.7 Å². The van der Waals surface area contributed by atoms with Crippen LogP contribution in [0.3, 0.4) is 0 Å². The molecule has 7 heteroatoms. The van der Waals surface area contributed by atoms with E-state index >= 15 is 0 Å². The van der Waals surface area contributed by atoms with Crippen molar-refractivity contribution in [3.8, 4) is 11.3 Å². The minimum absolute atomic E-state index is 0.533. The Bertz CT molecular complexity index is 788. The van der Waals surface area contributed by atoms with E-state index in [1.165, 1.54) is 11.5 Å². The second kappa shape index (κ2) is 7.50. The third-order valence-electron chi connectivity index (χ3n) is 3.18. The maximum Gasteiger partial charge on any atom is 0.171 e. The van der Waals surface area contributed by atoms with Crippen molar-refractivity contribution in [3.63, 3.8) is 0 Å². The third kappa shape index (κ3) is 4.25. The number of hydrogen-bond acceptors (Lipinski definition) is 4. The van der Waals surface area contributed by atoms with Crippen molar-refractivity contribution in [2.75, 3.05) is 5.32 Å². The molecule has 0 aliphatic rings. The molecule has 116 valence electrons. The molecule has 0 saturated heterocycles. The molecule has 0 unspecified atom stereocenters. The molecule has 3 rings (SSSR count). The first-order valence-electron chi connectivity index (χ1n) is 6.88. The number of aromatic nitrogens is 2. The molecule has 1 heterocycles. The summed E-state index contributed by atoms with van der Waals surface area (Å²) in [4.78, 5) is 0. The maximum atomic E-state index is 6.09. The lowest BCUT2D eigenvalue weighted by atomic mass is 10.1. The highest BCUT2D eigenvalue weighted by Gasteiger charge is 2.03. The fourth-order valence-electron chi connectivity index (χ4n) is 2.00. The number of nitrogens with one attached hydrogen (secondary N) is 2. The maximum absolute atomic E-state index is 6.09. The summed E-state index contributed by atoms with van der Waals surface area (Å²) in [6.07, 6.45) is 0. The first kappa shape index (κ1) is 15.9. The monoisotopic (exact) mass is 360 g/mol. The zero-order chi connectivity index (χ0) is 16.1. The van der Waals surface area contributed by atoms with E-state index in [0.29, 0.717) is 16.7 Å². The smallest absolute Gasteiger partial charge is 0.171 e. The van der Waals surface area contributed by atoms with Gasteiger partial charge in [-0.25, -0.2) is 0 Å². The summed E-state index contributed by atoms with van der Waals surface area (Å²) in [6.45, 7) is 0.631. The molecular formula is C16H13ClN4S2. The van der Waals surface area contributed by atoms with Crippen LogP contribution < -0.4 is 10.6 Å². The Balaban J connectivity index is 1.56. The molecule has 3 aromatic rings. The molecule has 2 N–H and O–H groups in total. The van der Waals surface area contributed by atoms with Crippen LogP contribution in [-0.4, -0.2) is 14.7 Å². The van der Waals surface area contributed by atoms with Gasteiger partial charge in [-0.2, -0.15) is 0 Å². The van der Waals surface area contributed by atoms with Gasteiger partial charge in [-0.15, -0.1) is 5.10 Å². The van der Waals surface area contributed by atoms with Crippen molar-refractivity contribution < 1.29 is 0 Å². The van der Waals surface area contributed by atoms with Crippen LogP contribution in [0, 0.1) is 0 Å². The predicted octanol–water partition coefficient (Wildman–Crippen LogP) is 4.35. The van der Waals surface area contributed by atoms with Crippen molar-refractivity contribution in [1.29, 1.82) is 0 Å². The Labute approximate surface area is 148 Å². The van der Waals surface area contributed by atoms with Gasteiger partial charge in [0.1, 0.15) is 5.69 Å². The van der Waals surface area contributed by atoms with Crippen LogP contribution in [0.2, 0.25) is 5.02 Å². The van der Waals surface area contributed by atoms with Crippen LogP contribution in [-0.2, 0) is 6.54 Å². The lowest BCUT2D eigenvalue weighted by molar-refractivity contribution is 0.926. The summed E-state index contributed by atoms with van der Waals surface area (Å²) in [5.41, 5.74) is 3.86. The summed E-state index contributed by atoms with van der Waals surface area (Å²) in [5, 5.41) is 13.4. The van der Waals surface area contributed by atoms with Crippen LogP contribution >= 0.6 is 35.4 Å². The molecule has 4 nitrogen and oxygen atoms in total. The molecule has 0 spiro atoms. The highest BCUT2D eigenvalue weighted by atomic mass is 35.5. The minimum Gasteiger partial charge on any atom is -0.358 e. The molecule has 0 saturated carbocycles. The van der Waals surface area contributed by atoms with Crippen LogP contribution in [0.15, 0.2) is 53.9 Å². The molecule has 0 amide bonds. The van der Waals surface area contributed by atoms with Gasteiger partial charge in [-0.1, -0.05) is 52.5 Å². The number of thiocarbonyl (C=S) groups is 1. The number of para-hydroxylation sites is 1. The average Bonchev–Trinajstić information content (AvgIpc) is 3.10. The topological polar surface area (TPSA) is 49.8 Å². The Hall–Kier alpha value is -2.02. The quantitative estimate of drug-likeness (QED) is 0.677. The standard InChI is InChI=1S/C16H13ClN4S2/c17-13-3-1-2-4-14(13)19-16(22)18-9-11-5-7-12(8-6-11)15-10-23-21-20-15/h1-8,10H,9H2,(H2,18,19,22).